The first-order chi connectivity index (χ1) is 3.73. The Balaban J connectivity index is -0.00000000575. The molecule has 0 spiro atoms. The molecule has 0 aliphatic rings. The summed E-state index contributed by atoms with van der Waals surface area (Å²) in [5.41, 5.74) is 0. The molecule has 0 radical (unpaired) electrons. The quantitative estimate of drug-likeness (QED) is 0.388. The molecular formula is C2H6K2N2O3Si. The summed E-state index contributed by atoms with van der Waals surface area (Å²) in [6.07, 6.45) is 0. The van der Waals surface area contributed by atoms with Crippen molar-refractivity contribution in [3.05, 3.63) is 0 Å². The molecule has 0 unspecified atom stereocenters. The molecule has 0 fully saturated rings. The van der Waals surface area contributed by atoms with E-state index < -0.39 is 9.17 Å². The van der Waals surface area contributed by atoms with E-state index >= 15 is 0 Å². The average molecular weight is 212 g/mol. The van der Waals surface area contributed by atoms with Crippen molar-refractivity contribution < 1.29 is 120 Å². The van der Waals surface area contributed by atoms with E-state index in [2.05, 4.69) is 13.1 Å². The molecule has 0 aromatic heterocycles. The molecule has 0 aromatic carbocycles. The molecule has 0 heterocycles. The van der Waals surface area contributed by atoms with Gasteiger partial charge in [-0.2, -0.15) is 0 Å². The van der Waals surface area contributed by atoms with Gasteiger partial charge >= 0.3 is 112 Å². The molecule has 10 heavy (non-hydrogen) atoms. The van der Waals surface area contributed by atoms with Crippen molar-refractivity contribution in [2.45, 2.75) is 0 Å². The largest absolute Gasteiger partial charge is 1.00 e. The molecule has 2 N–H and O–H groups in total. The predicted molar refractivity (Wildman–Crippen MR) is 26.4 cm³/mol. The van der Waals surface area contributed by atoms with Crippen molar-refractivity contribution in [2.24, 2.45) is 0 Å². The Hall–Kier alpha value is 1.87. The number of nitrogens with zero attached hydrogens (tertiary/aromatic N) is 2. The first kappa shape index (κ1) is 29.7. The van der Waals surface area contributed by atoms with E-state index in [0.717, 1.165) is 0 Å². The van der Waals surface area contributed by atoms with E-state index in [1.165, 1.54) is 0 Å². The third-order valence-corrected chi connectivity index (χ3v) is 0. The van der Waals surface area contributed by atoms with Crippen LogP contribution in [-0.4, -0.2) is 18.8 Å². The molecule has 0 amide bonds. The van der Waals surface area contributed by atoms with Gasteiger partial charge in [0.25, 0.3) is 0 Å². The third kappa shape index (κ3) is 222. The molecule has 0 saturated heterocycles. The normalized spacial score (nSPS) is 2.80. The molecule has 5 nitrogen and oxygen atoms in total. The van der Waals surface area contributed by atoms with Gasteiger partial charge in [0, 0.05) is 13.1 Å². The van der Waals surface area contributed by atoms with Crippen LogP contribution < -0.4 is 103 Å². The number of rotatable bonds is 0. The van der Waals surface area contributed by atoms with E-state index in [1.807, 2.05) is 0 Å². The van der Waals surface area contributed by atoms with Crippen LogP contribution in [-0.2, 0) is 4.46 Å². The van der Waals surface area contributed by atoms with Crippen LogP contribution in [0.5, 0.6) is 0 Å². The molecule has 48 valence electrons. The first-order valence-electron chi connectivity index (χ1n) is 1.17. The number of hydrogen-bond acceptors (Lipinski definition) is 3. The summed E-state index contributed by atoms with van der Waals surface area (Å²) in [7, 11) is -3.13. The van der Waals surface area contributed by atoms with E-state index in [4.69, 9.17) is 24.6 Å². The second kappa shape index (κ2) is 44.7. The Morgan fingerprint density at radius 2 is 1.10 bits per heavy atom. The van der Waals surface area contributed by atoms with E-state index in [1.54, 1.807) is 0 Å². The van der Waals surface area contributed by atoms with Crippen LogP contribution in [0.4, 0.5) is 0 Å². The molecule has 0 aliphatic heterocycles. The van der Waals surface area contributed by atoms with Crippen LogP contribution >= 0.6 is 0 Å². The first-order valence-corrected chi connectivity index (χ1v) is 2.47. The Morgan fingerprint density at radius 1 is 1.10 bits per heavy atom. The molecule has 8 heteroatoms. The van der Waals surface area contributed by atoms with Crippen LogP contribution in [0.1, 0.15) is 2.85 Å². The van der Waals surface area contributed by atoms with E-state index in [9.17, 15) is 0 Å². The average Bonchev–Trinajstić information content (AvgIpc) is 1.75. The van der Waals surface area contributed by atoms with Crippen LogP contribution in [0.25, 0.3) is 0 Å². The smallest absolute Gasteiger partial charge is 1.00 e. The zero-order chi connectivity index (χ0) is 7.58. The van der Waals surface area contributed by atoms with Gasteiger partial charge in [-0.25, -0.2) is 10.5 Å². The summed E-state index contributed by atoms with van der Waals surface area (Å²) in [5, 5.41) is 13.0. The summed E-state index contributed by atoms with van der Waals surface area (Å²) in [5.74, 6) is 0. The second-order valence-electron chi connectivity index (χ2n) is 0.283. The summed E-state index contributed by atoms with van der Waals surface area (Å²) in [4.78, 5) is 14.3. The fraction of sp³-hybridized carbons (Fsp3) is 0. The summed E-state index contributed by atoms with van der Waals surface area (Å²) < 4.78 is 8.74. The number of hydrogen-bond donors (Lipinski definition) is 2. The molecule has 0 bridgehead atoms. The van der Waals surface area contributed by atoms with Gasteiger partial charge in [-0.1, -0.05) is 0 Å². The predicted octanol–water partition coefficient (Wildman–Crippen LogP) is -7.10. The van der Waals surface area contributed by atoms with Crippen molar-refractivity contribution in [1.82, 2.24) is 0 Å². The number of nitriles is 2. The second-order valence-corrected chi connectivity index (χ2v) is 0.848. The van der Waals surface area contributed by atoms with Gasteiger partial charge in [0.2, 0.25) is 0 Å². The van der Waals surface area contributed by atoms with Gasteiger partial charge in [-0.15, -0.1) is 0 Å². The van der Waals surface area contributed by atoms with Crippen molar-refractivity contribution >= 4 is 9.17 Å². The van der Waals surface area contributed by atoms with Crippen LogP contribution in [0.15, 0.2) is 0 Å². The van der Waals surface area contributed by atoms with Gasteiger partial charge < -0.3 is 12.4 Å². The topological polar surface area (TPSA) is 105 Å². The van der Waals surface area contributed by atoms with Crippen LogP contribution in [0.3, 0.4) is 0 Å². The zero-order valence-electron chi connectivity index (χ0n) is 7.85. The van der Waals surface area contributed by atoms with Crippen LogP contribution in [0.2, 0.25) is 0 Å². The minimum atomic E-state index is -3.13. The fourth-order valence-electron chi connectivity index (χ4n) is 0. The minimum Gasteiger partial charge on any atom is -1.00 e. The summed E-state index contributed by atoms with van der Waals surface area (Å²) >= 11 is 0. The molecule has 0 atom stereocenters. The van der Waals surface area contributed by atoms with E-state index in [-0.39, 0.29) is 106 Å². The van der Waals surface area contributed by atoms with E-state index in [0.29, 0.717) is 0 Å². The van der Waals surface area contributed by atoms with Gasteiger partial charge in [0.05, 0.1) is 0 Å². The molecule has 0 aliphatic carbocycles. The minimum absolute atomic E-state index is 0. The maximum atomic E-state index is 8.74. The Morgan fingerprint density at radius 3 is 1.10 bits per heavy atom. The maximum absolute atomic E-state index is 8.74. The van der Waals surface area contributed by atoms with Crippen molar-refractivity contribution in [1.29, 1.82) is 10.5 Å². The van der Waals surface area contributed by atoms with Crippen molar-refractivity contribution in [3.8, 4) is 13.1 Å². The third-order valence-electron chi connectivity index (χ3n) is 0. The van der Waals surface area contributed by atoms with Gasteiger partial charge in [-0.05, 0) is 0 Å². The molecular weight excluding hydrogens is 206 g/mol. The van der Waals surface area contributed by atoms with Crippen molar-refractivity contribution in [2.75, 3.05) is 0 Å². The monoisotopic (exact) mass is 212 g/mol. The standard InChI is InChI=1S/2CHN.2K.H2O3Si.2H/c2*1-2;;;1-4(2)3;;/h2*1H;;;1-2H;;/q;;2*+1;;2*-1. The van der Waals surface area contributed by atoms with Crippen LogP contribution in [0, 0.1) is 23.7 Å². The molecule has 0 aromatic rings. The van der Waals surface area contributed by atoms with Gasteiger partial charge in [0.1, 0.15) is 0 Å². The van der Waals surface area contributed by atoms with Gasteiger partial charge in [-0.3, -0.25) is 4.46 Å². The fourth-order valence-corrected chi connectivity index (χ4v) is 0. The summed E-state index contributed by atoms with van der Waals surface area (Å²) in [6.45, 7) is 7.00. The molecule has 0 saturated carbocycles. The maximum Gasteiger partial charge on any atom is 1.00 e. The van der Waals surface area contributed by atoms with Crippen molar-refractivity contribution in [3.63, 3.8) is 0 Å². The summed E-state index contributed by atoms with van der Waals surface area (Å²) in [6, 6.07) is 0. The SMILES string of the molecule is C#N.C#N.O=[Si](O)O.[H-].[H-].[K+].[K+]. The van der Waals surface area contributed by atoms with Gasteiger partial charge in [0.15, 0.2) is 0 Å². The Labute approximate surface area is 149 Å². The zero-order valence-corrected chi connectivity index (χ0v) is 13.1. The Kier molecular flexibility index (Phi) is 133. The molecule has 0 rings (SSSR count). The Bertz CT molecular complexity index is 92.8.